The van der Waals surface area contributed by atoms with E-state index in [9.17, 15) is 4.79 Å². The molecule has 2 aromatic rings. The van der Waals surface area contributed by atoms with Crippen molar-refractivity contribution in [3.8, 4) is 5.75 Å². The van der Waals surface area contributed by atoms with Crippen LogP contribution in [0.3, 0.4) is 0 Å². The van der Waals surface area contributed by atoms with Crippen LogP contribution < -0.4 is 15.4 Å². The maximum Gasteiger partial charge on any atom is 0.325 e. The summed E-state index contributed by atoms with van der Waals surface area (Å²) in [7, 11) is 1.60. The third kappa shape index (κ3) is 4.71. The number of nitrogens with zero attached hydrogens (tertiary/aromatic N) is 2. The molecule has 0 bridgehead atoms. The van der Waals surface area contributed by atoms with Crippen molar-refractivity contribution in [2.24, 2.45) is 0 Å². The summed E-state index contributed by atoms with van der Waals surface area (Å²) >= 11 is 1.40. The summed E-state index contributed by atoms with van der Waals surface area (Å²) < 4.78 is 5.06. The Hall–Kier alpha value is -2.15. The molecule has 0 unspecified atom stereocenters. The Bertz CT molecular complexity index is 583. The number of urea groups is 1. The molecule has 2 amide bonds. The molecular weight excluding hydrogens is 288 g/mol. The van der Waals surface area contributed by atoms with E-state index in [2.05, 4.69) is 27.8 Å². The Balaban J connectivity index is 1.87. The Morgan fingerprint density at radius 2 is 2.00 bits per heavy atom. The fourth-order valence-corrected chi connectivity index (χ4v) is 2.44. The molecule has 1 aromatic heterocycles. The van der Waals surface area contributed by atoms with Gasteiger partial charge >= 0.3 is 6.03 Å². The van der Waals surface area contributed by atoms with Gasteiger partial charge in [0.2, 0.25) is 5.13 Å². The van der Waals surface area contributed by atoms with Crippen LogP contribution in [0.15, 0.2) is 24.3 Å². The molecule has 1 aromatic carbocycles. The highest BCUT2D eigenvalue weighted by molar-refractivity contribution is 7.15. The summed E-state index contributed by atoms with van der Waals surface area (Å²) in [5.41, 5.74) is 0.684. The second-order valence-electron chi connectivity index (χ2n) is 4.41. The van der Waals surface area contributed by atoms with Crippen LogP contribution in [0.2, 0.25) is 0 Å². The van der Waals surface area contributed by atoms with Gasteiger partial charge in [-0.1, -0.05) is 24.7 Å². The largest absolute Gasteiger partial charge is 0.497 e. The van der Waals surface area contributed by atoms with Crippen LogP contribution in [0, 0.1) is 0 Å². The Labute approximate surface area is 127 Å². The molecule has 0 saturated heterocycles. The first-order valence-corrected chi connectivity index (χ1v) is 7.57. The summed E-state index contributed by atoms with van der Waals surface area (Å²) in [6, 6.07) is 6.77. The molecule has 0 fully saturated rings. The highest BCUT2D eigenvalue weighted by Crippen LogP contribution is 2.18. The quantitative estimate of drug-likeness (QED) is 0.856. The van der Waals surface area contributed by atoms with E-state index in [1.165, 1.54) is 11.3 Å². The van der Waals surface area contributed by atoms with Gasteiger partial charge in [0.1, 0.15) is 10.8 Å². The molecule has 0 atom stereocenters. The van der Waals surface area contributed by atoms with Gasteiger partial charge in [0.15, 0.2) is 0 Å². The second-order valence-corrected chi connectivity index (χ2v) is 5.47. The van der Waals surface area contributed by atoms with Gasteiger partial charge in [-0.25, -0.2) is 4.79 Å². The lowest BCUT2D eigenvalue weighted by molar-refractivity contribution is 0.262. The van der Waals surface area contributed by atoms with E-state index in [0.717, 1.165) is 30.0 Å². The minimum absolute atomic E-state index is 0.335. The Kier molecular flexibility index (Phi) is 5.51. The molecule has 0 aliphatic heterocycles. The number of anilines is 2. The van der Waals surface area contributed by atoms with E-state index in [-0.39, 0.29) is 6.03 Å². The predicted octanol–water partition coefficient (Wildman–Crippen LogP) is 3.53. The fraction of sp³-hybridized carbons (Fsp3) is 0.357. The standard InChI is InChI=1S/C14H18N4O2S/c1-3-4-5-12-17-18-14(21-12)16-13(19)15-10-6-8-11(20-2)9-7-10/h6-9H,3-5H2,1-2H3,(H2,15,16,18,19). The van der Waals surface area contributed by atoms with Crippen molar-refractivity contribution >= 4 is 28.2 Å². The van der Waals surface area contributed by atoms with Gasteiger partial charge in [-0.3, -0.25) is 5.32 Å². The smallest absolute Gasteiger partial charge is 0.325 e. The lowest BCUT2D eigenvalue weighted by Crippen LogP contribution is -2.19. The number of benzene rings is 1. The molecule has 0 radical (unpaired) electrons. The van der Waals surface area contributed by atoms with Crippen LogP contribution in [-0.2, 0) is 6.42 Å². The van der Waals surface area contributed by atoms with Crippen LogP contribution in [0.1, 0.15) is 24.8 Å². The lowest BCUT2D eigenvalue weighted by atomic mass is 10.3. The number of carbonyl (C=O) groups is 1. The van der Waals surface area contributed by atoms with E-state index < -0.39 is 0 Å². The number of methoxy groups -OCH3 is 1. The Morgan fingerprint density at radius 1 is 1.24 bits per heavy atom. The molecule has 0 aliphatic rings. The number of hydrogen-bond donors (Lipinski definition) is 2. The van der Waals surface area contributed by atoms with Crippen LogP contribution >= 0.6 is 11.3 Å². The van der Waals surface area contributed by atoms with Crippen molar-refractivity contribution in [1.29, 1.82) is 0 Å². The molecule has 21 heavy (non-hydrogen) atoms. The van der Waals surface area contributed by atoms with Gasteiger partial charge in [-0.2, -0.15) is 0 Å². The zero-order chi connectivity index (χ0) is 15.1. The molecule has 7 heteroatoms. The molecule has 0 spiro atoms. The SMILES string of the molecule is CCCCc1nnc(NC(=O)Nc2ccc(OC)cc2)s1. The Morgan fingerprint density at radius 3 is 2.67 bits per heavy atom. The first kappa shape index (κ1) is 15.2. The van der Waals surface area contributed by atoms with E-state index in [1.807, 2.05) is 0 Å². The number of aromatic nitrogens is 2. The van der Waals surface area contributed by atoms with Crippen molar-refractivity contribution in [1.82, 2.24) is 10.2 Å². The molecular formula is C14H18N4O2S. The van der Waals surface area contributed by atoms with E-state index in [1.54, 1.807) is 31.4 Å². The maximum absolute atomic E-state index is 11.8. The maximum atomic E-state index is 11.8. The van der Waals surface area contributed by atoms with Crippen LogP contribution in [0.25, 0.3) is 0 Å². The molecule has 112 valence electrons. The number of ether oxygens (including phenoxy) is 1. The number of carbonyl (C=O) groups excluding carboxylic acids is 1. The number of hydrogen-bond acceptors (Lipinski definition) is 5. The van der Waals surface area contributed by atoms with Gasteiger partial charge in [-0.05, 0) is 30.7 Å². The molecule has 2 N–H and O–H groups in total. The van der Waals surface area contributed by atoms with Crippen molar-refractivity contribution in [3.05, 3.63) is 29.3 Å². The third-order valence-electron chi connectivity index (χ3n) is 2.78. The highest BCUT2D eigenvalue weighted by Gasteiger charge is 2.08. The zero-order valence-electron chi connectivity index (χ0n) is 12.0. The normalized spacial score (nSPS) is 10.2. The monoisotopic (exact) mass is 306 g/mol. The van der Waals surface area contributed by atoms with Gasteiger partial charge in [0, 0.05) is 12.1 Å². The summed E-state index contributed by atoms with van der Waals surface area (Å²) in [5, 5.41) is 14.9. The zero-order valence-corrected chi connectivity index (χ0v) is 12.9. The predicted molar refractivity (Wildman–Crippen MR) is 84.2 cm³/mol. The van der Waals surface area contributed by atoms with E-state index >= 15 is 0 Å². The van der Waals surface area contributed by atoms with Crippen LogP contribution in [-0.4, -0.2) is 23.3 Å². The first-order valence-electron chi connectivity index (χ1n) is 6.75. The summed E-state index contributed by atoms with van der Waals surface area (Å²) in [4.78, 5) is 11.8. The minimum atomic E-state index is -0.335. The van der Waals surface area contributed by atoms with E-state index in [4.69, 9.17) is 4.74 Å². The number of rotatable bonds is 6. The minimum Gasteiger partial charge on any atom is -0.497 e. The molecule has 2 rings (SSSR count). The summed E-state index contributed by atoms with van der Waals surface area (Å²) in [6.07, 6.45) is 3.09. The first-order chi connectivity index (χ1) is 10.2. The second kappa shape index (κ2) is 7.58. The van der Waals surface area contributed by atoms with Crippen molar-refractivity contribution in [2.45, 2.75) is 26.2 Å². The highest BCUT2D eigenvalue weighted by atomic mass is 32.1. The number of amides is 2. The third-order valence-corrected chi connectivity index (χ3v) is 3.68. The van der Waals surface area contributed by atoms with Crippen molar-refractivity contribution in [2.75, 3.05) is 17.7 Å². The fourth-order valence-electron chi connectivity index (χ4n) is 1.67. The van der Waals surface area contributed by atoms with Crippen molar-refractivity contribution < 1.29 is 9.53 Å². The number of nitrogens with one attached hydrogen (secondary N) is 2. The average molecular weight is 306 g/mol. The summed E-state index contributed by atoms with van der Waals surface area (Å²) in [6.45, 7) is 2.13. The van der Waals surface area contributed by atoms with Crippen LogP contribution in [0.4, 0.5) is 15.6 Å². The number of unbranched alkanes of at least 4 members (excludes halogenated alkanes) is 1. The number of aryl methyl sites for hydroxylation is 1. The van der Waals surface area contributed by atoms with E-state index in [0.29, 0.717) is 10.8 Å². The average Bonchev–Trinajstić information content (AvgIpc) is 2.93. The van der Waals surface area contributed by atoms with Crippen molar-refractivity contribution in [3.63, 3.8) is 0 Å². The van der Waals surface area contributed by atoms with Gasteiger partial charge in [0.05, 0.1) is 7.11 Å². The van der Waals surface area contributed by atoms with Crippen LogP contribution in [0.5, 0.6) is 5.75 Å². The molecule has 0 aliphatic carbocycles. The van der Waals surface area contributed by atoms with Gasteiger partial charge in [-0.15, -0.1) is 10.2 Å². The van der Waals surface area contributed by atoms with Gasteiger partial charge in [0.25, 0.3) is 0 Å². The lowest BCUT2D eigenvalue weighted by Gasteiger charge is -2.05. The molecule has 1 heterocycles. The molecule has 0 saturated carbocycles. The summed E-state index contributed by atoms with van der Waals surface area (Å²) in [5.74, 6) is 0.741. The molecule has 6 nitrogen and oxygen atoms in total. The van der Waals surface area contributed by atoms with Gasteiger partial charge < -0.3 is 10.1 Å². The topological polar surface area (TPSA) is 76.1 Å².